The fourth-order valence-electron chi connectivity index (χ4n) is 3.16. The first-order valence-corrected chi connectivity index (χ1v) is 8.73. The van der Waals surface area contributed by atoms with E-state index in [4.69, 9.17) is 17.3 Å². The number of anilines is 1. The number of allylic oxidation sites excluding steroid dienone is 1. The lowest BCUT2D eigenvalue weighted by Crippen LogP contribution is -1.99. The lowest BCUT2D eigenvalue weighted by molar-refractivity contribution is 0.630. The molecular weight excluding hydrogens is 349 g/mol. The number of fused-ring (bicyclic) bond motifs is 1. The SMILES string of the molecule is CCC=C=Cc1cc(C)c(-c2cc(F)cc3c(N)nc(Cl)nc23)c(C)c1. The summed E-state index contributed by atoms with van der Waals surface area (Å²) in [7, 11) is 0. The molecule has 0 saturated heterocycles. The third-order valence-electron chi connectivity index (χ3n) is 4.16. The number of aryl methyl sites for hydroxylation is 2. The summed E-state index contributed by atoms with van der Waals surface area (Å²) in [6.07, 6.45) is 4.85. The monoisotopic (exact) mass is 367 g/mol. The highest BCUT2D eigenvalue weighted by atomic mass is 35.5. The minimum absolute atomic E-state index is 0.0439. The average molecular weight is 368 g/mol. The zero-order chi connectivity index (χ0) is 18.8. The van der Waals surface area contributed by atoms with Crippen LogP contribution in [-0.4, -0.2) is 9.97 Å². The van der Waals surface area contributed by atoms with Crippen molar-refractivity contribution in [2.24, 2.45) is 0 Å². The normalized spacial score (nSPS) is 10.7. The molecule has 132 valence electrons. The molecule has 0 aliphatic rings. The Morgan fingerprint density at radius 2 is 1.85 bits per heavy atom. The molecule has 5 heteroatoms. The van der Waals surface area contributed by atoms with Crippen molar-refractivity contribution in [1.29, 1.82) is 0 Å². The molecule has 0 atom stereocenters. The van der Waals surface area contributed by atoms with Crippen LogP contribution in [0.25, 0.3) is 28.1 Å². The highest BCUT2D eigenvalue weighted by Crippen LogP contribution is 2.36. The minimum Gasteiger partial charge on any atom is -0.383 e. The van der Waals surface area contributed by atoms with Crippen molar-refractivity contribution < 1.29 is 4.39 Å². The Kier molecular flexibility index (Phi) is 5.08. The Bertz CT molecular complexity index is 1040. The summed E-state index contributed by atoms with van der Waals surface area (Å²) >= 11 is 5.99. The molecule has 0 aliphatic heterocycles. The number of hydrogen-bond acceptors (Lipinski definition) is 3. The van der Waals surface area contributed by atoms with E-state index in [1.54, 1.807) is 0 Å². The van der Waals surface area contributed by atoms with Crippen molar-refractivity contribution in [2.45, 2.75) is 27.2 Å². The van der Waals surface area contributed by atoms with E-state index >= 15 is 0 Å². The summed E-state index contributed by atoms with van der Waals surface area (Å²) in [5.74, 6) is -0.223. The van der Waals surface area contributed by atoms with E-state index in [0.717, 1.165) is 28.7 Å². The summed E-state index contributed by atoms with van der Waals surface area (Å²) in [6, 6.07) is 6.89. The third kappa shape index (κ3) is 3.48. The van der Waals surface area contributed by atoms with E-state index < -0.39 is 5.82 Å². The Hall–Kier alpha value is -2.68. The molecule has 3 nitrogen and oxygen atoms in total. The number of rotatable bonds is 3. The van der Waals surface area contributed by atoms with Gasteiger partial charge in [-0.15, -0.1) is 5.73 Å². The lowest BCUT2D eigenvalue weighted by atomic mass is 9.92. The van der Waals surface area contributed by atoms with Crippen LogP contribution in [0, 0.1) is 19.7 Å². The minimum atomic E-state index is -0.390. The molecule has 0 amide bonds. The van der Waals surface area contributed by atoms with Gasteiger partial charge in [0.2, 0.25) is 5.28 Å². The molecule has 0 spiro atoms. The zero-order valence-corrected chi connectivity index (χ0v) is 15.7. The molecule has 0 aliphatic carbocycles. The predicted octanol–water partition coefficient (Wildman–Crippen LogP) is 5.87. The first kappa shape index (κ1) is 18.1. The van der Waals surface area contributed by atoms with Crippen LogP contribution in [0.5, 0.6) is 0 Å². The van der Waals surface area contributed by atoms with Crippen LogP contribution < -0.4 is 5.73 Å². The quantitative estimate of drug-likeness (QED) is 0.465. The molecular formula is C21H19ClFN3. The highest BCUT2D eigenvalue weighted by molar-refractivity contribution is 6.29. The van der Waals surface area contributed by atoms with E-state index in [9.17, 15) is 4.39 Å². The maximum Gasteiger partial charge on any atom is 0.224 e. The van der Waals surface area contributed by atoms with Crippen LogP contribution in [0.4, 0.5) is 10.2 Å². The standard InChI is InChI=1S/C21H19ClFN3/c1-4-5-6-7-14-8-12(2)18(13(3)9-14)16-10-15(23)11-17-19(16)25-21(22)26-20(17)24/h5,7-11H,4H2,1-3H3,(H2,24,25,26). The number of halogens is 2. The van der Waals surface area contributed by atoms with Crippen LogP contribution in [0.3, 0.4) is 0 Å². The first-order valence-electron chi connectivity index (χ1n) is 8.35. The van der Waals surface area contributed by atoms with Gasteiger partial charge in [-0.3, -0.25) is 0 Å². The molecule has 0 fully saturated rings. The largest absolute Gasteiger partial charge is 0.383 e. The van der Waals surface area contributed by atoms with E-state index in [1.807, 2.05) is 38.1 Å². The van der Waals surface area contributed by atoms with Crippen LogP contribution in [0.1, 0.15) is 30.0 Å². The highest BCUT2D eigenvalue weighted by Gasteiger charge is 2.16. The van der Waals surface area contributed by atoms with Crippen molar-refractivity contribution in [3.63, 3.8) is 0 Å². The number of nitrogens with zero attached hydrogens (tertiary/aromatic N) is 2. The smallest absolute Gasteiger partial charge is 0.224 e. The molecule has 3 rings (SSSR count). The molecule has 2 N–H and O–H groups in total. The Balaban J connectivity index is 2.29. The molecule has 0 bridgehead atoms. The van der Waals surface area contributed by atoms with Crippen LogP contribution in [0.15, 0.2) is 36.1 Å². The van der Waals surface area contributed by atoms with E-state index in [2.05, 4.69) is 22.6 Å². The molecule has 0 unspecified atom stereocenters. The van der Waals surface area contributed by atoms with Gasteiger partial charge in [-0.25, -0.2) is 14.4 Å². The number of nitrogen functional groups attached to an aromatic ring is 1. The molecule has 0 radical (unpaired) electrons. The van der Waals surface area contributed by atoms with Gasteiger partial charge in [-0.2, -0.15) is 0 Å². The molecule has 3 aromatic rings. The van der Waals surface area contributed by atoms with E-state index in [1.165, 1.54) is 12.1 Å². The van der Waals surface area contributed by atoms with Gasteiger partial charge < -0.3 is 5.73 Å². The molecule has 0 saturated carbocycles. The maximum absolute atomic E-state index is 14.2. The van der Waals surface area contributed by atoms with Gasteiger partial charge in [0.25, 0.3) is 0 Å². The summed E-state index contributed by atoms with van der Waals surface area (Å²) in [5, 5.41) is 0.500. The number of aromatic nitrogens is 2. The van der Waals surface area contributed by atoms with Gasteiger partial charge in [0.1, 0.15) is 11.6 Å². The maximum atomic E-state index is 14.2. The average Bonchev–Trinajstić information content (AvgIpc) is 2.55. The van der Waals surface area contributed by atoms with Crippen molar-refractivity contribution in [3.05, 3.63) is 63.9 Å². The van der Waals surface area contributed by atoms with Crippen molar-refractivity contribution in [2.75, 3.05) is 5.73 Å². The molecule has 26 heavy (non-hydrogen) atoms. The lowest BCUT2D eigenvalue weighted by Gasteiger charge is -2.14. The van der Waals surface area contributed by atoms with Crippen molar-refractivity contribution >= 4 is 34.4 Å². The number of hydrogen-bond donors (Lipinski definition) is 1. The van der Waals surface area contributed by atoms with Crippen LogP contribution in [-0.2, 0) is 0 Å². The van der Waals surface area contributed by atoms with Gasteiger partial charge >= 0.3 is 0 Å². The fraction of sp³-hybridized carbons (Fsp3) is 0.190. The predicted molar refractivity (Wildman–Crippen MR) is 107 cm³/mol. The second-order valence-corrected chi connectivity index (χ2v) is 6.52. The van der Waals surface area contributed by atoms with E-state index in [-0.39, 0.29) is 11.1 Å². The Labute approximate surface area is 157 Å². The zero-order valence-electron chi connectivity index (χ0n) is 14.9. The van der Waals surface area contributed by atoms with Gasteiger partial charge in [0.15, 0.2) is 0 Å². The fourth-order valence-corrected chi connectivity index (χ4v) is 3.34. The summed E-state index contributed by atoms with van der Waals surface area (Å²) in [4.78, 5) is 8.23. The molecule has 1 heterocycles. The molecule has 1 aromatic heterocycles. The summed E-state index contributed by atoms with van der Waals surface area (Å²) in [5.41, 5.74) is 14.3. The second-order valence-electron chi connectivity index (χ2n) is 6.18. The van der Waals surface area contributed by atoms with Gasteiger partial charge in [-0.05, 0) is 78.4 Å². The Morgan fingerprint density at radius 1 is 1.15 bits per heavy atom. The second kappa shape index (κ2) is 7.28. The van der Waals surface area contributed by atoms with Crippen LogP contribution in [0.2, 0.25) is 5.28 Å². The third-order valence-corrected chi connectivity index (χ3v) is 4.33. The van der Waals surface area contributed by atoms with E-state index in [0.29, 0.717) is 16.5 Å². The van der Waals surface area contributed by atoms with Crippen molar-refractivity contribution in [3.8, 4) is 11.1 Å². The first-order chi connectivity index (χ1) is 12.4. The van der Waals surface area contributed by atoms with Gasteiger partial charge in [0, 0.05) is 10.9 Å². The van der Waals surface area contributed by atoms with Crippen molar-refractivity contribution in [1.82, 2.24) is 9.97 Å². The van der Waals surface area contributed by atoms with Crippen LogP contribution >= 0.6 is 11.6 Å². The molecule has 2 aromatic carbocycles. The Morgan fingerprint density at radius 3 is 2.50 bits per heavy atom. The summed E-state index contributed by atoms with van der Waals surface area (Å²) in [6.45, 7) is 6.05. The van der Waals surface area contributed by atoms with Gasteiger partial charge in [-0.1, -0.05) is 19.1 Å². The summed E-state index contributed by atoms with van der Waals surface area (Å²) < 4.78 is 14.2. The number of benzene rings is 2. The van der Waals surface area contributed by atoms with Gasteiger partial charge in [0.05, 0.1) is 5.52 Å². The number of nitrogens with two attached hydrogens (primary N) is 1. The topological polar surface area (TPSA) is 51.8 Å².